The number of nitrogens with zero attached hydrogens (tertiary/aromatic N) is 3. The van der Waals surface area contributed by atoms with Crippen molar-refractivity contribution in [2.75, 3.05) is 32.8 Å². The second kappa shape index (κ2) is 10.0. The highest BCUT2D eigenvalue weighted by Crippen LogP contribution is 2.34. The number of ether oxygens (including phenoxy) is 1. The summed E-state index contributed by atoms with van der Waals surface area (Å²) in [5, 5.41) is 2.99. The largest absolute Gasteiger partial charge is 0.380 e. The van der Waals surface area contributed by atoms with Gasteiger partial charge in [0.15, 0.2) is 0 Å². The second-order valence-electron chi connectivity index (χ2n) is 7.87. The molecule has 2 heterocycles. The molecule has 1 aliphatic rings. The highest BCUT2D eigenvalue weighted by atomic mass is 16.5. The van der Waals surface area contributed by atoms with Crippen molar-refractivity contribution in [3.05, 3.63) is 30.1 Å². The number of fused-ring (bicyclic) bond motifs is 1. The van der Waals surface area contributed by atoms with Crippen molar-refractivity contribution in [2.45, 2.75) is 58.5 Å². The molecule has 28 heavy (non-hydrogen) atoms. The first-order chi connectivity index (χ1) is 13.6. The van der Waals surface area contributed by atoms with Crippen molar-refractivity contribution in [3.63, 3.8) is 0 Å². The van der Waals surface area contributed by atoms with Crippen LogP contribution in [0.1, 0.15) is 64.4 Å². The topological polar surface area (TPSA) is 59.4 Å². The number of unbranched alkanes of at least 4 members (excludes halogenated alkanes) is 1. The van der Waals surface area contributed by atoms with E-state index in [2.05, 4.69) is 53.8 Å². The van der Waals surface area contributed by atoms with Crippen LogP contribution in [0.2, 0.25) is 0 Å². The summed E-state index contributed by atoms with van der Waals surface area (Å²) in [5.74, 6) is 1.16. The maximum atomic E-state index is 12.4. The van der Waals surface area contributed by atoms with E-state index in [0.29, 0.717) is 25.7 Å². The average Bonchev–Trinajstić information content (AvgIpc) is 3.28. The molecule has 0 unspecified atom stereocenters. The van der Waals surface area contributed by atoms with Crippen LogP contribution in [0.3, 0.4) is 0 Å². The lowest BCUT2D eigenvalue weighted by Crippen LogP contribution is -2.38. The van der Waals surface area contributed by atoms with E-state index in [0.717, 1.165) is 50.2 Å². The molecule has 0 aliphatic carbocycles. The van der Waals surface area contributed by atoms with Crippen molar-refractivity contribution < 1.29 is 9.53 Å². The molecule has 1 aliphatic heterocycles. The van der Waals surface area contributed by atoms with Crippen LogP contribution in [0, 0.1) is 0 Å². The van der Waals surface area contributed by atoms with Gasteiger partial charge in [-0.15, -0.1) is 0 Å². The number of hydrogen-bond acceptors (Lipinski definition) is 4. The van der Waals surface area contributed by atoms with Crippen LogP contribution in [-0.2, 0) is 9.53 Å². The van der Waals surface area contributed by atoms with Crippen LogP contribution in [0.5, 0.6) is 0 Å². The number of nitrogens with one attached hydrogen (secondary N) is 1. The van der Waals surface area contributed by atoms with Gasteiger partial charge in [-0.3, -0.25) is 9.69 Å². The van der Waals surface area contributed by atoms with Crippen LogP contribution < -0.4 is 5.32 Å². The van der Waals surface area contributed by atoms with E-state index in [-0.39, 0.29) is 11.9 Å². The van der Waals surface area contributed by atoms with Crippen molar-refractivity contribution in [1.82, 2.24) is 19.8 Å². The third-order valence-electron chi connectivity index (χ3n) is 5.36. The number of carbonyl (C=O) groups excluding carboxylic acids is 1. The zero-order valence-corrected chi connectivity index (χ0v) is 17.5. The Labute approximate surface area is 168 Å². The van der Waals surface area contributed by atoms with Gasteiger partial charge in [0.25, 0.3) is 0 Å². The molecule has 6 nitrogen and oxygen atoms in total. The fourth-order valence-corrected chi connectivity index (χ4v) is 4.00. The van der Waals surface area contributed by atoms with Gasteiger partial charge in [0, 0.05) is 19.2 Å². The average molecular weight is 387 g/mol. The number of hydrogen-bond donors (Lipinski definition) is 1. The number of aromatic nitrogens is 2. The number of carbonyl (C=O) groups is 1. The lowest BCUT2D eigenvalue weighted by Gasteiger charge is -2.25. The second-order valence-corrected chi connectivity index (χ2v) is 7.87. The van der Waals surface area contributed by atoms with Gasteiger partial charge in [-0.25, -0.2) is 4.98 Å². The monoisotopic (exact) mass is 386 g/mol. The van der Waals surface area contributed by atoms with E-state index < -0.39 is 0 Å². The molecular formula is C22H34N4O2. The van der Waals surface area contributed by atoms with E-state index in [1.54, 1.807) is 0 Å². The van der Waals surface area contributed by atoms with Gasteiger partial charge >= 0.3 is 0 Å². The smallest absolute Gasteiger partial charge is 0.234 e. The maximum Gasteiger partial charge on any atom is 0.234 e. The third-order valence-corrected chi connectivity index (χ3v) is 5.36. The highest BCUT2D eigenvalue weighted by molar-refractivity contribution is 5.78. The van der Waals surface area contributed by atoms with E-state index in [1.165, 1.54) is 5.52 Å². The highest BCUT2D eigenvalue weighted by Gasteiger charge is 2.32. The molecule has 3 rings (SSSR count). The maximum absolute atomic E-state index is 12.4. The number of amides is 1. The van der Waals surface area contributed by atoms with Crippen molar-refractivity contribution in [2.24, 2.45) is 0 Å². The van der Waals surface area contributed by atoms with Gasteiger partial charge in [-0.05, 0) is 51.8 Å². The summed E-state index contributed by atoms with van der Waals surface area (Å²) in [6.07, 6.45) is 4.34. The van der Waals surface area contributed by atoms with Gasteiger partial charge in [-0.1, -0.05) is 25.5 Å². The molecule has 0 radical (unpaired) electrons. The minimum absolute atomic E-state index is 0.0678. The van der Waals surface area contributed by atoms with E-state index in [4.69, 9.17) is 9.72 Å². The predicted octanol–water partition coefficient (Wildman–Crippen LogP) is 3.69. The summed E-state index contributed by atoms with van der Waals surface area (Å²) < 4.78 is 7.85. The zero-order valence-electron chi connectivity index (χ0n) is 17.5. The molecule has 0 spiro atoms. The molecule has 1 amide bonds. The Kier molecular flexibility index (Phi) is 7.45. The number of para-hydroxylation sites is 2. The number of imidazole rings is 1. The summed E-state index contributed by atoms with van der Waals surface area (Å²) in [6, 6.07) is 8.83. The molecule has 0 bridgehead atoms. The zero-order chi connectivity index (χ0) is 19.9. The minimum Gasteiger partial charge on any atom is -0.380 e. The number of likely N-dealkylation sites (tertiary alicyclic amines) is 1. The Morgan fingerprint density at radius 2 is 2.14 bits per heavy atom. The molecule has 1 aromatic heterocycles. The lowest BCUT2D eigenvalue weighted by molar-refractivity contribution is -0.122. The van der Waals surface area contributed by atoms with Gasteiger partial charge in [0.1, 0.15) is 5.82 Å². The third kappa shape index (κ3) is 4.92. The Bertz CT molecular complexity index is 771. The Hall–Kier alpha value is -1.92. The van der Waals surface area contributed by atoms with Crippen molar-refractivity contribution in [1.29, 1.82) is 0 Å². The Balaban J connectivity index is 1.63. The summed E-state index contributed by atoms with van der Waals surface area (Å²) in [4.78, 5) is 19.6. The molecule has 6 heteroatoms. The van der Waals surface area contributed by atoms with Gasteiger partial charge in [0.2, 0.25) is 5.91 Å². The molecule has 1 aromatic carbocycles. The first-order valence-corrected chi connectivity index (χ1v) is 10.7. The van der Waals surface area contributed by atoms with Crippen LogP contribution in [0.4, 0.5) is 0 Å². The normalized spacial score (nSPS) is 17.6. The lowest BCUT2D eigenvalue weighted by atomic mass is 10.2. The minimum atomic E-state index is 0.0678. The van der Waals surface area contributed by atoms with Gasteiger partial charge < -0.3 is 14.6 Å². The standard InChI is InChI=1S/C22H34N4O2/c1-4-5-14-28-15-12-23-21(27)16-25-13-8-11-20(25)22-24-18-9-6-7-10-19(18)26(22)17(2)3/h6-7,9-10,17,20H,4-5,8,11-16H2,1-3H3,(H,23,27)/t20-/m1/s1. The summed E-state index contributed by atoms with van der Waals surface area (Å²) >= 11 is 0. The fraction of sp³-hybridized carbons (Fsp3) is 0.636. The summed E-state index contributed by atoms with van der Waals surface area (Å²) in [6.45, 7) is 9.82. The molecule has 1 atom stereocenters. The first kappa shape index (κ1) is 20.8. The number of benzene rings is 1. The molecule has 1 N–H and O–H groups in total. The molecular weight excluding hydrogens is 352 g/mol. The molecule has 1 fully saturated rings. The van der Waals surface area contributed by atoms with Gasteiger partial charge in [0.05, 0.1) is 30.2 Å². The quantitative estimate of drug-likeness (QED) is 0.633. The van der Waals surface area contributed by atoms with E-state index >= 15 is 0 Å². The first-order valence-electron chi connectivity index (χ1n) is 10.7. The van der Waals surface area contributed by atoms with Gasteiger partial charge in [-0.2, -0.15) is 0 Å². The SMILES string of the molecule is CCCCOCCNC(=O)CN1CCC[C@@H]1c1nc2ccccc2n1C(C)C. The number of rotatable bonds is 10. The molecule has 1 saturated heterocycles. The molecule has 2 aromatic rings. The predicted molar refractivity (Wildman–Crippen MR) is 112 cm³/mol. The van der Waals surface area contributed by atoms with E-state index in [9.17, 15) is 4.79 Å². The summed E-state index contributed by atoms with van der Waals surface area (Å²) in [7, 11) is 0. The molecule has 0 saturated carbocycles. The summed E-state index contributed by atoms with van der Waals surface area (Å²) in [5.41, 5.74) is 2.21. The Morgan fingerprint density at radius 3 is 2.93 bits per heavy atom. The molecule has 154 valence electrons. The van der Waals surface area contributed by atoms with Crippen molar-refractivity contribution in [3.8, 4) is 0 Å². The van der Waals surface area contributed by atoms with Crippen LogP contribution in [-0.4, -0.2) is 53.2 Å². The Morgan fingerprint density at radius 1 is 1.32 bits per heavy atom. The van der Waals surface area contributed by atoms with Crippen molar-refractivity contribution >= 4 is 16.9 Å². The van der Waals surface area contributed by atoms with E-state index in [1.807, 2.05) is 6.07 Å². The van der Waals surface area contributed by atoms with Crippen LogP contribution in [0.25, 0.3) is 11.0 Å². The van der Waals surface area contributed by atoms with Crippen LogP contribution in [0.15, 0.2) is 24.3 Å². The van der Waals surface area contributed by atoms with Crippen LogP contribution >= 0.6 is 0 Å². The fourth-order valence-electron chi connectivity index (χ4n) is 4.00.